The maximum absolute atomic E-state index is 10.7. The van der Waals surface area contributed by atoms with Crippen LogP contribution >= 0.6 is 0 Å². The highest BCUT2D eigenvalue weighted by Crippen LogP contribution is 2.26. The molecule has 0 radical (unpaired) electrons. The van der Waals surface area contributed by atoms with Crippen LogP contribution in [-0.2, 0) is 0 Å². The molecule has 6 nitrogen and oxygen atoms in total. The number of nitrogens with two attached hydrogens (primary N) is 1. The number of benzene rings is 1. The lowest BCUT2D eigenvalue weighted by molar-refractivity contribution is -0.384. The first-order valence-electron chi connectivity index (χ1n) is 6.10. The summed E-state index contributed by atoms with van der Waals surface area (Å²) in [5.74, 6) is 0. The summed E-state index contributed by atoms with van der Waals surface area (Å²) < 4.78 is 0. The first-order valence-corrected chi connectivity index (χ1v) is 6.10. The van der Waals surface area contributed by atoms with Gasteiger partial charge in [-0.25, -0.2) is 0 Å². The summed E-state index contributed by atoms with van der Waals surface area (Å²) >= 11 is 0. The van der Waals surface area contributed by atoms with Crippen molar-refractivity contribution in [3.8, 4) is 6.07 Å². The highest BCUT2D eigenvalue weighted by Gasteiger charge is 2.13. The summed E-state index contributed by atoms with van der Waals surface area (Å²) in [6.45, 7) is 1.72. The van der Waals surface area contributed by atoms with Crippen molar-refractivity contribution in [1.82, 2.24) is 4.98 Å². The van der Waals surface area contributed by atoms with Gasteiger partial charge in [-0.1, -0.05) is 6.07 Å². The second-order valence-corrected chi connectivity index (χ2v) is 4.40. The molecule has 0 aliphatic rings. The molecular formula is C15H12N4O2. The van der Waals surface area contributed by atoms with E-state index in [1.54, 1.807) is 37.5 Å². The van der Waals surface area contributed by atoms with E-state index in [2.05, 4.69) is 11.1 Å². The van der Waals surface area contributed by atoms with Crippen LogP contribution in [0.4, 0.5) is 5.69 Å². The number of aryl methyl sites for hydroxylation is 1. The average molecular weight is 280 g/mol. The summed E-state index contributed by atoms with van der Waals surface area (Å²) in [6.07, 6.45) is 3.15. The predicted octanol–water partition coefficient (Wildman–Crippen LogP) is 2.65. The Kier molecular flexibility index (Phi) is 3.95. The molecule has 0 fully saturated rings. The van der Waals surface area contributed by atoms with E-state index in [-0.39, 0.29) is 11.4 Å². The Hall–Kier alpha value is -3.20. The van der Waals surface area contributed by atoms with Crippen LogP contribution in [0, 0.1) is 28.4 Å². The minimum Gasteiger partial charge on any atom is -0.397 e. The normalized spacial score (nSPS) is 11.4. The van der Waals surface area contributed by atoms with Crippen LogP contribution in [0.25, 0.3) is 11.3 Å². The van der Waals surface area contributed by atoms with Crippen molar-refractivity contribution in [3.05, 3.63) is 69.5 Å². The number of nitro benzene ring substituents is 1. The molecule has 0 saturated carbocycles. The van der Waals surface area contributed by atoms with Gasteiger partial charge in [0.25, 0.3) is 5.69 Å². The summed E-state index contributed by atoms with van der Waals surface area (Å²) in [6, 6.07) is 9.86. The number of hydrogen-bond acceptors (Lipinski definition) is 5. The van der Waals surface area contributed by atoms with E-state index in [9.17, 15) is 15.4 Å². The fraction of sp³-hybridized carbons (Fsp3) is 0.0667. The predicted molar refractivity (Wildman–Crippen MR) is 78.7 cm³/mol. The molecule has 6 heteroatoms. The van der Waals surface area contributed by atoms with E-state index in [0.29, 0.717) is 22.3 Å². The molecule has 1 aromatic heterocycles. The molecule has 0 aliphatic heterocycles. The van der Waals surface area contributed by atoms with Crippen LogP contribution < -0.4 is 5.73 Å². The lowest BCUT2D eigenvalue weighted by Crippen LogP contribution is -2.03. The van der Waals surface area contributed by atoms with E-state index in [0.717, 1.165) is 0 Å². The van der Waals surface area contributed by atoms with Crippen LogP contribution in [-0.4, -0.2) is 9.91 Å². The zero-order valence-corrected chi connectivity index (χ0v) is 11.3. The van der Waals surface area contributed by atoms with Crippen molar-refractivity contribution >= 4 is 17.0 Å². The number of pyridine rings is 1. The van der Waals surface area contributed by atoms with Crippen LogP contribution in [0.2, 0.25) is 0 Å². The molecule has 0 spiro atoms. The zero-order chi connectivity index (χ0) is 15.4. The van der Waals surface area contributed by atoms with Gasteiger partial charge in [-0.2, -0.15) is 5.26 Å². The fourth-order valence-corrected chi connectivity index (χ4v) is 1.99. The zero-order valence-electron chi connectivity index (χ0n) is 11.3. The van der Waals surface area contributed by atoms with Crippen molar-refractivity contribution in [2.24, 2.45) is 5.73 Å². The first-order chi connectivity index (χ1) is 10.0. The largest absolute Gasteiger partial charge is 0.397 e. The van der Waals surface area contributed by atoms with E-state index < -0.39 is 4.92 Å². The number of non-ortho nitro benzene ring substituents is 1. The maximum Gasteiger partial charge on any atom is 0.269 e. The molecule has 0 saturated heterocycles. The third-order valence-electron chi connectivity index (χ3n) is 3.04. The van der Waals surface area contributed by atoms with Gasteiger partial charge in [-0.3, -0.25) is 15.1 Å². The molecule has 1 aromatic carbocycles. The smallest absolute Gasteiger partial charge is 0.269 e. The molecule has 0 atom stereocenters. The SMILES string of the molecule is Cc1cc([N+](=O)[O-])ccc1/C(N)=C(/C#N)c1cccnc1. The monoisotopic (exact) mass is 280 g/mol. The summed E-state index contributed by atoms with van der Waals surface area (Å²) in [4.78, 5) is 14.2. The van der Waals surface area contributed by atoms with E-state index in [4.69, 9.17) is 5.73 Å². The van der Waals surface area contributed by atoms with Crippen molar-refractivity contribution in [1.29, 1.82) is 5.26 Å². The second kappa shape index (κ2) is 5.84. The van der Waals surface area contributed by atoms with Crippen LogP contribution in [0.5, 0.6) is 0 Å². The van der Waals surface area contributed by atoms with Gasteiger partial charge in [-0.15, -0.1) is 0 Å². The third-order valence-corrected chi connectivity index (χ3v) is 3.04. The molecule has 0 amide bonds. The molecule has 0 bridgehead atoms. The van der Waals surface area contributed by atoms with Gasteiger partial charge in [-0.05, 0) is 24.6 Å². The Bertz CT molecular complexity index is 761. The van der Waals surface area contributed by atoms with Gasteiger partial charge >= 0.3 is 0 Å². The lowest BCUT2D eigenvalue weighted by Gasteiger charge is -2.09. The summed E-state index contributed by atoms with van der Waals surface area (Å²) in [5, 5.41) is 20.1. The molecule has 1 heterocycles. The summed E-state index contributed by atoms with van der Waals surface area (Å²) in [7, 11) is 0. The van der Waals surface area contributed by atoms with Gasteiger partial charge in [0.1, 0.15) is 6.07 Å². The van der Waals surface area contributed by atoms with E-state index in [1.165, 1.54) is 12.1 Å². The Morgan fingerprint density at radius 3 is 2.71 bits per heavy atom. The highest BCUT2D eigenvalue weighted by molar-refractivity contribution is 5.96. The van der Waals surface area contributed by atoms with Gasteiger partial charge in [0, 0.05) is 35.7 Å². The Labute approximate surface area is 121 Å². The standard InChI is InChI=1S/C15H12N4O2/c1-10-7-12(19(20)21)4-5-13(10)15(17)14(8-16)11-3-2-6-18-9-11/h2-7,9H,17H2,1H3/b15-14+. The molecule has 0 unspecified atom stereocenters. The van der Waals surface area contributed by atoms with Crippen molar-refractivity contribution in [2.75, 3.05) is 0 Å². The Balaban J connectivity index is 2.57. The molecule has 2 aromatic rings. The van der Waals surface area contributed by atoms with E-state index in [1.807, 2.05) is 0 Å². The van der Waals surface area contributed by atoms with Crippen molar-refractivity contribution in [3.63, 3.8) is 0 Å². The third kappa shape index (κ3) is 2.87. The van der Waals surface area contributed by atoms with Gasteiger partial charge < -0.3 is 5.73 Å². The van der Waals surface area contributed by atoms with Crippen LogP contribution in [0.15, 0.2) is 42.7 Å². The minimum absolute atomic E-state index is 0.0102. The number of allylic oxidation sites excluding steroid dienone is 1. The first kappa shape index (κ1) is 14.2. The van der Waals surface area contributed by atoms with Crippen molar-refractivity contribution in [2.45, 2.75) is 6.92 Å². The Morgan fingerprint density at radius 1 is 1.43 bits per heavy atom. The topological polar surface area (TPSA) is 106 Å². The molecular weight excluding hydrogens is 268 g/mol. The second-order valence-electron chi connectivity index (χ2n) is 4.40. The molecule has 21 heavy (non-hydrogen) atoms. The number of nitrogens with zero attached hydrogens (tertiary/aromatic N) is 3. The number of nitro groups is 1. The quantitative estimate of drug-likeness (QED) is 0.528. The minimum atomic E-state index is -0.469. The van der Waals surface area contributed by atoms with Crippen LogP contribution in [0.3, 0.4) is 0 Å². The van der Waals surface area contributed by atoms with Crippen molar-refractivity contribution < 1.29 is 4.92 Å². The van der Waals surface area contributed by atoms with Crippen LogP contribution in [0.1, 0.15) is 16.7 Å². The van der Waals surface area contributed by atoms with Gasteiger partial charge in [0.2, 0.25) is 0 Å². The molecule has 2 N–H and O–H groups in total. The number of hydrogen-bond donors (Lipinski definition) is 1. The average Bonchev–Trinajstić information content (AvgIpc) is 2.48. The van der Waals surface area contributed by atoms with Gasteiger partial charge in [0.15, 0.2) is 0 Å². The van der Waals surface area contributed by atoms with Gasteiger partial charge in [0.05, 0.1) is 16.2 Å². The number of rotatable bonds is 3. The molecule has 2 rings (SSSR count). The summed E-state index contributed by atoms with van der Waals surface area (Å²) in [5.41, 5.74) is 8.47. The van der Waals surface area contributed by atoms with E-state index >= 15 is 0 Å². The highest BCUT2D eigenvalue weighted by atomic mass is 16.6. The lowest BCUT2D eigenvalue weighted by atomic mass is 9.98. The Morgan fingerprint density at radius 2 is 2.19 bits per heavy atom. The number of nitriles is 1. The molecule has 104 valence electrons. The number of aromatic nitrogens is 1. The fourth-order valence-electron chi connectivity index (χ4n) is 1.99. The maximum atomic E-state index is 10.7. The molecule has 0 aliphatic carbocycles.